The first kappa shape index (κ1) is 15.1. The van der Waals surface area contributed by atoms with Gasteiger partial charge in [-0.25, -0.2) is 14.8 Å². The molecule has 21 heavy (non-hydrogen) atoms. The Morgan fingerprint density at radius 1 is 1.24 bits per heavy atom. The van der Waals surface area contributed by atoms with Gasteiger partial charge in [-0.2, -0.15) is 0 Å². The van der Waals surface area contributed by atoms with Crippen LogP contribution in [0.1, 0.15) is 11.1 Å². The van der Waals surface area contributed by atoms with Crippen LogP contribution in [-0.2, 0) is 0 Å². The first-order valence-corrected chi connectivity index (χ1v) is 6.65. The number of amides is 2. The Labute approximate surface area is 127 Å². The number of benzene rings is 1. The van der Waals surface area contributed by atoms with Gasteiger partial charge in [0.25, 0.3) is 0 Å². The van der Waals surface area contributed by atoms with E-state index >= 15 is 0 Å². The van der Waals surface area contributed by atoms with E-state index in [1.54, 1.807) is 18.5 Å². The Hall–Kier alpha value is -2.34. The average Bonchev–Trinajstić information content (AvgIpc) is 2.45. The van der Waals surface area contributed by atoms with Gasteiger partial charge in [-0.15, -0.1) is 0 Å². The van der Waals surface area contributed by atoms with Crippen LogP contribution in [0, 0.1) is 13.8 Å². The molecule has 2 N–H and O–H groups in total. The van der Waals surface area contributed by atoms with E-state index in [0.717, 1.165) is 11.1 Å². The van der Waals surface area contributed by atoms with E-state index in [1.165, 1.54) is 0 Å². The number of hydrogen-bond acceptors (Lipinski definition) is 4. The summed E-state index contributed by atoms with van der Waals surface area (Å²) in [6, 6.07) is 4.85. The lowest BCUT2D eigenvalue weighted by atomic mass is 10.1. The van der Waals surface area contributed by atoms with Crippen molar-refractivity contribution in [1.29, 1.82) is 0 Å². The van der Waals surface area contributed by atoms with Crippen LogP contribution in [0.5, 0.6) is 5.75 Å². The summed E-state index contributed by atoms with van der Waals surface area (Å²) in [4.78, 5) is 19.3. The average molecular weight is 307 g/mol. The normalized spacial score (nSPS) is 10.0. The smallest absolute Gasteiger partial charge is 0.324 e. The standard InChI is InChI=1S/C14H15ClN4O2/c1-9-6-11(7-10(2)12(9)15)21-8-18-14(20)19-13-16-4-3-5-17-13/h3-7H,8H2,1-2H3,(H2,16,17,18,19,20). The molecule has 0 aliphatic rings. The Balaban J connectivity index is 1.83. The zero-order valence-corrected chi connectivity index (χ0v) is 12.4. The molecule has 2 rings (SSSR count). The summed E-state index contributed by atoms with van der Waals surface area (Å²) < 4.78 is 5.46. The number of ether oxygens (including phenoxy) is 1. The van der Waals surface area contributed by atoms with Crippen molar-refractivity contribution in [2.75, 3.05) is 12.0 Å². The fourth-order valence-corrected chi connectivity index (χ4v) is 1.79. The molecule has 0 aliphatic carbocycles. The van der Waals surface area contributed by atoms with Crippen LogP contribution in [-0.4, -0.2) is 22.7 Å². The molecule has 0 aliphatic heterocycles. The molecule has 2 amide bonds. The Kier molecular flexibility index (Phi) is 4.94. The third-order valence-electron chi connectivity index (χ3n) is 2.67. The first-order valence-electron chi connectivity index (χ1n) is 6.27. The highest BCUT2D eigenvalue weighted by atomic mass is 35.5. The van der Waals surface area contributed by atoms with Crippen LogP contribution in [0.3, 0.4) is 0 Å². The molecule has 0 saturated heterocycles. The van der Waals surface area contributed by atoms with Crippen molar-refractivity contribution >= 4 is 23.6 Å². The maximum atomic E-state index is 11.6. The molecule has 0 unspecified atom stereocenters. The maximum Gasteiger partial charge on any atom is 0.324 e. The number of rotatable bonds is 4. The predicted molar refractivity (Wildman–Crippen MR) is 80.6 cm³/mol. The number of aryl methyl sites for hydroxylation is 2. The molecular weight excluding hydrogens is 292 g/mol. The van der Waals surface area contributed by atoms with Crippen molar-refractivity contribution in [3.05, 3.63) is 46.7 Å². The number of carbonyl (C=O) groups is 1. The summed E-state index contributed by atoms with van der Waals surface area (Å²) >= 11 is 6.08. The van der Waals surface area contributed by atoms with Gasteiger partial charge < -0.3 is 10.1 Å². The zero-order chi connectivity index (χ0) is 15.2. The quantitative estimate of drug-likeness (QED) is 0.852. The summed E-state index contributed by atoms with van der Waals surface area (Å²) in [5.41, 5.74) is 1.85. The SMILES string of the molecule is Cc1cc(OCNC(=O)Nc2ncccn2)cc(C)c1Cl. The molecule has 1 aromatic carbocycles. The van der Waals surface area contributed by atoms with Gasteiger partial charge >= 0.3 is 6.03 Å². The Morgan fingerprint density at radius 3 is 2.48 bits per heavy atom. The fraction of sp³-hybridized carbons (Fsp3) is 0.214. The second-order valence-electron chi connectivity index (χ2n) is 4.36. The molecule has 0 spiro atoms. The van der Waals surface area contributed by atoms with E-state index in [2.05, 4.69) is 20.6 Å². The van der Waals surface area contributed by atoms with Crippen molar-refractivity contribution in [3.8, 4) is 5.75 Å². The van der Waals surface area contributed by atoms with Crippen molar-refractivity contribution in [2.45, 2.75) is 13.8 Å². The third kappa shape index (κ3) is 4.32. The number of carbonyl (C=O) groups excluding carboxylic acids is 1. The molecule has 6 nitrogen and oxygen atoms in total. The van der Waals surface area contributed by atoms with Crippen molar-refractivity contribution in [3.63, 3.8) is 0 Å². The molecule has 0 radical (unpaired) electrons. The van der Waals surface area contributed by atoms with E-state index in [4.69, 9.17) is 16.3 Å². The summed E-state index contributed by atoms with van der Waals surface area (Å²) in [7, 11) is 0. The van der Waals surface area contributed by atoms with E-state index < -0.39 is 6.03 Å². The van der Waals surface area contributed by atoms with E-state index in [9.17, 15) is 4.79 Å². The molecule has 0 bridgehead atoms. The lowest BCUT2D eigenvalue weighted by Gasteiger charge is -2.11. The number of hydrogen-bond donors (Lipinski definition) is 2. The molecule has 1 heterocycles. The highest BCUT2D eigenvalue weighted by molar-refractivity contribution is 6.32. The zero-order valence-electron chi connectivity index (χ0n) is 11.7. The van der Waals surface area contributed by atoms with E-state index in [-0.39, 0.29) is 12.7 Å². The van der Waals surface area contributed by atoms with Crippen LogP contribution < -0.4 is 15.4 Å². The van der Waals surface area contributed by atoms with Gasteiger partial charge in [-0.1, -0.05) is 11.6 Å². The van der Waals surface area contributed by atoms with Crippen LogP contribution in [0.15, 0.2) is 30.6 Å². The van der Waals surface area contributed by atoms with E-state index in [1.807, 2.05) is 26.0 Å². The summed E-state index contributed by atoms with van der Waals surface area (Å²) in [6.07, 6.45) is 3.08. The minimum absolute atomic E-state index is 0.0270. The van der Waals surface area contributed by atoms with Crippen molar-refractivity contribution < 1.29 is 9.53 Å². The third-order valence-corrected chi connectivity index (χ3v) is 3.27. The Bertz CT molecular complexity index is 611. The number of aromatic nitrogens is 2. The Morgan fingerprint density at radius 2 is 1.86 bits per heavy atom. The lowest BCUT2D eigenvalue weighted by Crippen LogP contribution is -2.32. The number of halogens is 1. The lowest BCUT2D eigenvalue weighted by molar-refractivity contribution is 0.234. The van der Waals surface area contributed by atoms with Gasteiger partial charge in [-0.3, -0.25) is 5.32 Å². The highest BCUT2D eigenvalue weighted by Gasteiger charge is 2.05. The highest BCUT2D eigenvalue weighted by Crippen LogP contribution is 2.25. The van der Waals surface area contributed by atoms with Crippen LogP contribution in [0.4, 0.5) is 10.7 Å². The number of anilines is 1. The fourth-order valence-electron chi connectivity index (χ4n) is 1.68. The van der Waals surface area contributed by atoms with Gasteiger partial charge in [0.2, 0.25) is 5.95 Å². The van der Waals surface area contributed by atoms with Gasteiger partial charge in [0, 0.05) is 17.4 Å². The second-order valence-corrected chi connectivity index (χ2v) is 4.74. The summed E-state index contributed by atoms with van der Waals surface area (Å²) in [5.74, 6) is 0.874. The molecule has 2 aromatic rings. The first-order chi connectivity index (χ1) is 10.1. The van der Waals surface area contributed by atoms with E-state index in [0.29, 0.717) is 10.8 Å². The minimum atomic E-state index is -0.441. The molecule has 0 saturated carbocycles. The van der Waals surface area contributed by atoms with Crippen LogP contribution >= 0.6 is 11.6 Å². The van der Waals surface area contributed by atoms with Crippen LogP contribution in [0.25, 0.3) is 0 Å². The number of nitrogens with one attached hydrogen (secondary N) is 2. The van der Waals surface area contributed by atoms with Crippen LogP contribution in [0.2, 0.25) is 5.02 Å². The molecule has 7 heteroatoms. The number of nitrogens with zero attached hydrogens (tertiary/aromatic N) is 2. The monoisotopic (exact) mass is 306 g/mol. The van der Waals surface area contributed by atoms with Crippen molar-refractivity contribution in [1.82, 2.24) is 15.3 Å². The summed E-state index contributed by atoms with van der Waals surface area (Å²) in [6.45, 7) is 3.82. The van der Waals surface area contributed by atoms with Crippen molar-refractivity contribution in [2.24, 2.45) is 0 Å². The molecule has 110 valence electrons. The molecule has 0 atom stereocenters. The minimum Gasteiger partial charge on any atom is -0.473 e. The molecule has 1 aromatic heterocycles. The van der Waals surface area contributed by atoms with Gasteiger partial charge in [0.1, 0.15) is 5.75 Å². The largest absolute Gasteiger partial charge is 0.473 e. The maximum absolute atomic E-state index is 11.6. The molecular formula is C14H15ClN4O2. The summed E-state index contributed by atoms with van der Waals surface area (Å²) in [5, 5.41) is 5.75. The number of urea groups is 1. The van der Waals surface area contributed by atoms with Gasteiger partial charge in [-0.05, 0) is 43.2 Å². The van der Waals surface area contributed by atoms with Gasteiger partial charge in [0.05, 0.1) is 0 Å². The van der Waals surface area contributed by atoms with Gasteiger partial charge in [0.15, 0.2) is 6.73 Å². The topological polar surface area (TPSA) is 76.1 Å². The second kappa shape index (κ2) is 6.90. The predicted octanol–water partition coefficient (Wildman–Crippen LogP) is 2.90. The molecule has 0 fully saturated rings.